The summed E-state index contributed by atoms with van der Waals surface area (Å²) in [5.41, 5.74) is 0. The highest BCUT2D eigenvalue weighted by atomic mass is 16.2. The van der Waals surface area contributed by atoms with Crippen molar-refractivity contribution in [3.63, 3.8) is 0 Å². The summed E-state index contributed by atoms with van der Waals surface area (Å²) in [6, 6.07) is 0. The lowest BCUT2D eigenvalue weighted by Crippen LogP contribution is -2.07. The van der Waals surface area contributed by atoms with Gasteiger partial charge in [0.25, 0.3) is 0 Å². The van der Waals surface area contributed by atoms with E-state index >= 15 is 0 Å². The number of hydrogen-bond acceptors (Lipinski definition) is 1. The van der Waals surface area contributed by atoms with E-state index in [2.05, 4.69) is 27.7 Å². The number of rotatable bonds is 23. The molecule has 1 N–H and O–H groups in total. The van der Waals surface area contributed by atoms with Crippen LogP contribution in [0.25, 0.3) is 0 Å². The van der Waals surface area contributed by atoms with Crippen LogP contribution >= 0.6 is 0 Å². The van der Waals surface area contributed by atoms with Crippen LogP contribution in [0.4, 0.5) is 0 Å². The molecule has 0 spiro atoms. The van der Waals surface area contributed by atoms with Gasteiger partial charge in [0.1, 0.15) is 0 Å². The molecule has 0 aliphatic rings. The molecule has 0 saturated carbocycles. The lowest BCUT2D eigenvalue weighted by molar-refractivity contribution is 0.256. The predicted octanol–water partition coefficient (Wildman–Crippen LogP) is 9.71. The highest BCUT2D eigenvalue weighted by Crippen LogP contribution is 2.29. The van der Waals surface area contributed by atoms with Crippen LogP contribution in [0.3, 0.4) is 0 Å². The minimum Gasteiger partial charge on any atom is -0.396 e. The Balaban J connectivity index is 4.32. The van der Waals surface area contributed by atoms with E-state index in [0.717, 1.165) is 24.2 Å². The fraction of sp³-hybridized carbons (Fsp3) is 1.00. The van der Waals surface area contributed by atoms with Gasteiger partial charge in [-0.25, -0.2) is 0 Å². The first kappa shape index (κ1) is 29.0. The molecule has 0 radical (unpaired) electrons. The second-order valence-electron chi connectivity index (χ2n) is 9.89. The summed E-state index contributed by atoms with van der Waals surface area (Å²) in [5, 5.41) is 9.33. The predicted molar refractivity (Wildman–Crippen MR) is 133 cm³/mol. The molecule has 176 valence electrons. The van der Waals surface area contributed by atoms with Crippen molar-refractivity contribution in [2.24, 2.45) is 17.8 Å². The SMILES string of the molecule is CCCCC(CCCC)CCCC(CCCO)CCCC(CCCC)CCCC. The molecule has 0 atom stereocenters. The lowest BCUT2D eigenvalue weighted by atomic mass is 9.85. The fourth-order valence-electron chi connectivity index (χ4n) is 5.04. The summed E-state index contributed by atoms with van der Waals surface area (Å²) in [4.78, 5) is 0. The summed E-state index contributed by atoms with van der Waals surface area (Å²) in [5.74, 6) is 2.81. The molecule has 0 bridgehead atoms. The molecule has 0 amide bonds. The van der Waals surface area contributed by atoms with Crippen LogP contribution in [0.5, 0.6) is 0 Å². The minimum absolute atomic E-state index is 0.377. The van der Waals surface area contributed by atoms with Crippen LogP contribution in [-0.4, -0.2) is 11.7 Å². The van der Waals surface area contributed by atoms with Gasteiger partial charge in [0, 0.05) is 6.61 Å². The van der Waals surface area contributed by atoms with Crippen LogP contribution in [0.2, 0.25) is 0 Å². The largest absolute Gasteiger partial charge is 0.396 e. The zero-order chi connectivity index (χ0) is 21.6. The Hall–Kier alpha value is -0.0400. The number of unbranched alkanes of at least 4 members (excludes halogenated alkanes) is 4. The number of aliphatic hydroxyl groups excluding tert-OH is 1. The Bertz CT molecular complexity index is 259. The van der Waals surface area contributed by atoms with Gasteiger partial charge in [-0.05, 0) is 30.6 Å². The van der Waals surface area contributed by atoms with Crippen LogP contribution in [0, 0.1) is 17.8 Å². The maximum atomic E-state index is 9.33. The van der Waals surface area contributed by atoms with Crippen molar-refractivity contribution in [3.8, 4) is 0 Å². The smallest absolute Gasteiger partial charge is 0.0431 e. The molecule has 0 aromatic heterocycles. The van der Waals surface area contributed by atoms with Crippen LogP contribution < -0.4 is 0 Å². The average Bonchev–Trinajstić information content (AvgIpc) is 2.74. The lowest BCUT2D eigenvalue weighted by Gasteiger charge is -2.21. The van der Waals surface area contributed by atoms with E-state index in [0.29, 0.717) is 6.61 Å². The first-order chi connectivity index (χ1) is 14.2. The molecule has 0 aromatic carbocycles. The molecule has 0 fully saturated rings. The van der Waals surface area contributed by atoms with Crippen molar-refractivity contribution in [1.29, 1.82) is 0 Å². The Morgan fingerprint density at radius 1 is 0.379 bits per heavy atom. The number of hydrogen-bond donors (Lipinski definition) is 1. The van der Waals surface area contributed by atoms with Gasteiger partial charge in [-0.15, -0.1) is 0 Å². The van der Waals surface area contributed by atoms with Gasteiger partial charge in [0.2, 0.25) is 0 Å². The van der Waals surface area contributed by atoms with Crippen LogP contribution in [0.15, 0.2) is 0 Å². The van der Waals surface area contributed by atoms with Crippen molar-refractivity contribution in [2.45, 2.75) is 156 Å². The zero-order valence-electron chi connectivity index (χ0n) is 21.0. The van der Waals surface area contributed by atoms with E-state index in [-0.39, 0.29) is 0 Å². The van der Waals surface area contributed by atoms with Gasteiger partial charge in [-0.3, -0.25) is 0 Å². The summed E-state index contributed by atoms with van der Waals surface area (Å²) in [7, 11) is 0. The molecule has 0 heterocycles. The summed E-state index contributed by atoms with van der Waals surface area (Å²) >= 11 is 0. The highest BCUT2D eigenvalue weighted by molar-refractivity contribution is 4.67. The molecular formula is C28H58O. The van der Waals surface area contributed by atoms with Gasteiger partial charge >= 0.3 is 0 Å². The van der Waals surface area contributed by atoms with E-state index in [1.54, 1.807) is 0 Å². The van der Waals surface area contributed by atoms with Crippen molar-refractivity contribution >= 4 is 0 Å². The third-order valence-corrected chi connectivity index (χ3v) is 7.08. The Labute approximate surface area is 185 Å². The summed E-state index contributed by atoms with van der Waals surface area (Å²) in [6.45, 7) is 9.69. The standard InChI is InChI=1S/C28H58O/c1-5-9-16-26(17-10-6-2)20-13-22-28(24-15-25-29)23-14-21-27(18-11-7-3)19-12-8-4/h26-29H,5-25H2,1-4H3. The van der Waals surface area contributed by atoms with E-state index in [4.69, 9.17) is 0 Å². The van der Waals surface area contributed by atoms with Crippen molar-refractivity contribution < 1.29 is 5.11 Å². The highest BCUT2D eigenvalue weighted by Gasteiger charge is 2.14. The second-order valence-corrected chi connectivity index (χ2v) is 9.89. The zero-order valence-corrected chi connectivity index (χ0v) is 21.0. The molecule has 0 aromatic rings. The van der Waals surface area contributed by atoms with E-state index in [1.807, 2.05) is 0 Å². The first-order valence-corrected chi connectivity index (χ1v) is 13.8. The van der Waals surface area contributed by atoms with Crippen LogP contribution in [0.1, 0.15) is 156 Å². The van der Waals surface area contributed by atoms with Crippen molar-refractivity contribution in [1.82, 2.24) is 0 Å². The maximum Gasteiger partial charge on any atom is 0.0431 e. The van der Waals surface area contributed by atoms with Gasteiger partial charge < -0.3 is 5.11 Å². The average molecular weight is 411 g/mol. The normalized spacial score (nSPS) is 12.0. The Kier molecular flexibility index (Phi) is 22.6. The Morgan fingerprint density at radius 2 is 0.621 bits per heavy atom. The molecule has 0 unspecified atom stereocenters. The van der Waals surface area contributed by atoms with Gasteiger partial charge in [-0.2, -0.15) is 0 Å². The monoisotopic (exact) mass is 410 g/mol. The summed E-state index contributed by atoms with van der Waals surface area (Å²) in [6.07, 6.45) is 27.7. The molecule has 0 aliphatic carbocycles. The first-order valence-electron chi connectivity index (χ1n) is 13.8. The van der Waals surface area contributed by atoms with E-state index < -0.39 is 0 Å². The molecule has 0 saturated heterocycles. The van der Waals surface area contributed by atoms with E-state index in [1.165, 1.54) is 122 Å². The molecule has 0 aliphatic heterocycles. The topological polar surface area (TPSA) is 20.2 Å². The molecule has 29 heavy (non-hydrogen) atoms. The Morgan fingerprint density at radius 3 is 0.862 bits per heavy atom. The second kappa shape index (κ2) is 22.6. The van der Waals surface area contributed by atoms with Gasteiger partial charge in [0.15, 0.2) is 0 Å². The van der Waals surface area contributed by atoms with Crippen LogP contribution in [-0.2, 0) is 0 Å². The fourth-order valence-corrected chi connectivity index (χ4v) is 5.04. The number of aliphatic hydroxyl groups is 1. The molecular weight excluding hydrogens is 352 g/mol. The van der Waals surface area contributed by atoms with Gasteiger partial charge in [-0.1, -0.05) is 143 Å². The molecule has 0 rings (SSSR count). The third kappa shape index (κ3) is 18.4. The maximum absolute atomic E-state index is 9.33. The molecule has 1 heteroatoms. The minimum atomic E-state index is 0.377. The third-order valence-electron chi connectivity index (χ3n) is 7.08. The van der Waals surface area contributed by atoms with E-state index in [9.17, 15) is 5.11 Å². The van der Waals surface area contributed by atoms with Gasteiger partial charge in [0.05, 0.1) is 0 Å². The van der Waals surface area contributed by atoms with Crippen molar-refractivity contribution in [3.05, 3.63) is 0 Å². The quantitative estimate of drug-likeness (QED) is 0.178. The summed E-state index contributed by atoms with van der Waals surface area (Å²) < 4.78 is 0. The molecule has 1 nitrogen and oxygen atoms in total. The van der Waals surface area contributed by atoms with Crippen molar-refractivity contribution in [2.75, 3.05) is 6.61 Å².